The molecule has 0 aliphatic rings. The van der Waals surface area contributed by atoms with E-state index in [-0.39, 0.29) is 32.1 Å². The fourth-order valence-electron chi connectivity index (χ4n) is 1.51. The van der Waals surface area contributed by atoms with Gasteiger partial charge in [-0.3, -0.25) is 10.1 Å². The van der Waals surface area contributed by atoms with E-state index in [0.29, 0.717) is 0 Å². The molecule has 0 aliphatic carbocycles. The summed E-state index contributed by atoms with van der Waals surface area (Å²) in [4.78, 5) is 26.0. The average molecular weight is 271 g/mol. The van der Waals surface area contributed by atoms with E-state index < -0.39 is 22.1 Å². The third kappa shape index (κ3) is 3.60. The van der Waals surface area contributed by atoms with Crippen molar-refractivity contribution in [3.05, 3.63) is 27.9 Å². The van der Waals surface area contributed by atoms with E-state index in [1.165, 1.54) is 4.90 Å². The minimum absolute atomic E-state index is 0.129. The van der Waals surface area contributed by atoms with Crippen LogP contribution in [-0.2, 0) is 0 Å². The van der Waals surface area contributed by atoms with Crippen molar-refractivity contribution in [1.82, 2.24) is 4.98 Å². The second-order valence-corrected chi connectivity index (χ2v) is 3.56. The Bertz CT molecular complexity index is 472. The molecule has 0 atom stereocenters. The molecule has 0 unspecified atom stereocenters. The lowest BCUT2D eigenvalue weighted by molar-refractivity contribution is -0.385. The predicted octanol–water partition coefficient (Wildman–Crippen LogP) is -0.521. The van der Waals surface area contributed by atoms with Gasteiger partial charge in [0, 0.05) is 19.2 Å². The summed E-state index contributed by atoms with van der Waals surface area (Å²) in [7, 11) is 0. The Morgan fingerprint density at radius 2 is 1.95 bits per heavy atom. The lowest BCUT2D eigenvalue weighted by Crippen LogP contribution is -2.30. The van der Waals surface area contributed by atoms with Gasteiger partial charge < -0.3 is 20.2 Å². The van der Waals surface area contributed by atoms with E-state index in [2.05, 4.69) is 4.98 Å². The maximum Gasteiger partial charge on any atom is 0.342 e. The van der Waals surface area contributed by atoms with Gasteiger partial charge in [0.2, 0.25) is 0 Å². The number of aromatic carboxylic acids is 1. The zero-order valence-electron chi connectivity index (χ0n) is 9.89. The van der Waals surface area contributed by atoms with E-state index in [4.69, 9.17) is 15.3 Å². The number of anilines is 1. The largest absolute Gasteiger partial charge is 0.477 e. The molecule has 0 aliphatic heterocycles. The highest BCUT2D eigenvalue weighted by atomic mass is 16.6. The highest BCUT2D eigenvalue weighted by Crippen LogP contribution is 2.22. The summed E-state index contributed by atoms with van der Waals surface area (Å²) in [5, 5.41) is 37.3. The van der Waals surface area contributed by atoms with Crippen LogP contribution < -0.4 is 4.90 Å². The Labute approximate surface area is 107 Å². The molecule has 0 aromatic carbocycles. The lowest BCUT2D eigenvalue weighted by Gasteiger charge is -2.21. The zero-order valence-corrected chi connectivity index (χ0v) is 9.89. The van der Waals surface area contributed by atoms with E-state index in [9.17, 15) is 14.9 Å². The van der Waals surface area contributed by atoms with Gasteiger partial charge >= 0.3 is 11.7 Å². The number of hydrogen-bond donors (Lipinski definition) is 3. The first-order chi connectivity index (χ1) is 9.01. The molecule has 19 heavy (non-hydrogen) atoms. The third-order valence-electron chi connectivity index (χ3n) is 2.36. The van der Waals surface area contributed by atoms with Crippen molar-refractivity contribution < 1.29 is 25.0 Å². The number of carboxylic acid groups (broad SMARTS) is 1. The van der Waals surface area contributed by atoms with Crippen molar-refractivity contribution in [3.8, 4) is 0 Å². The topological polar surface area (TPSA) is 137 Å². The normalized spacial score (nSPS) is 10.2. The zero-order chi connectivity index (χ0) is 14.4. The number of aromatic nitrogens is 1. The van der Waals surface area contributed by atoms with Gasteiger partial charge in [-0.1, -0.05) is 0 Å². The van der Waals surface area contributed by atoms with Gasteiger partial charge in [0.15, 0.2) is 0 Å². The van der Waals surface area contributed by atoms with E-state index in [1.54, 1.807) is 0 Å². The van der Waals surface area contributed by atoms with Crippen LogP contribution in [0.1, 0.15) is 10.4 Å². The molecule has 0 radical (unpaired) electrons. The Morgan fingerprint density at radius 3 is 2.37 bits per heavy atom. The summed E-state index contributed by atoms with van der Waals surface area (Å²) in [6, 6.07) is 1.05. The van der Waals surface area contributed by atoms with Crippen LogP contribution in [0, 0.1) is 10.1 Å². The molecule has 3 N–H and O–H groups in total. The van der Waals surface area contributed by atoms with Crippen molar-refractivity contribution in [2.75, 3.05) is 31.2 Å². The second-order valence-electron chi connectivity index (χ2n) is 3.56. The number of carbonyl (C=O) groups is 1. The molecule has 1 aromatic heterocycles. The number of aliphatic hydroxyl groups is 2. The maximum absolute atomic E-state index is 11.0. The van der Waals surface area contributed by atoms with Crippen LogP contribution in [0.5, 0.6) is 0 Å². The first kappa shape index (κ1) is 14.8. The summed E-state index contributed by atoms with van der Waals surface area (Å²) in [6.07, 6.45) is 0.848. The fraction of sp³-hybridized carbons (Fsp3) is 0.400. The number of nitro groups is 1. The second kappa shape index (κ2) is 6.61. The average Bonchev–Trinajstić information content (AvgIpc) is 2.37. The molecule has 0 spiro atoms. The molecule has 1 aromatic rings. The standard InChI is InChI=1S/C10H13N3O6/c14-3-1-12(2-4-15)9-5-7(10(16)17)8(6-11-9)13(18)19/h5-6,14-15H,1-4H2,(H,16,17). The molecular formula is C10H13N3O6. The summed E-state index contributed by atoms with van der Waals surface area (Å²) in [6.45, 7) is -0.184. The van der Waals surface area contributed by atoms with Crippen molar-refractivity contribution in [2.45, 2.75) is 0 Å². The van der Waals surface area contributed by atoms with Crippen LogP contribution in [-0.4, -0.2) is 57.5 Å². The molecular weight excluding hydrogens is 258 g/mol. The predicted molar refractivity (Wildman–Crippen MR) is 64.2 cm³/mol. The first-order valence-electron chi connectivity index (χ1n) is 5.35. The Kier molecular flexibility index (Phi) is 5.15. The smallest absolute Gasteiger partial charge is 0.342 e. The Morgan fingerprint density at radius 1 is 1.37 bits per heavy atom. The molecule has 9 nitrogen and oxygen atoms in total. The molecule has 1 rings (SSSR count). The van der Waals surface area contributed by atoms with Crippen molar-refractivity contribution in [1.29, 1.82) is 0 Å². The fourth-order valence-corrected chi connectivity index (χ4v) is 1.51. The van der Waals surface area contributed by atoms with Crippen LogP contribution in [0.4, 0.5) is 11.5 Å². The highest BCUT2D eigenvalue weighted by molar-refractivity contribution is 5.93. The van der Waals surface area contributed by atoms with Gasteiger partial charge in [-0.2, -0.15) is 0 Å². The van der Waals surface area contributed by atoms with E-state index in [0.717, 1.165) is 12.3 Å². The molecule has 104 valence electrons. The first-order valence-corrected chi connectivity index (χ1v) is 5.35. The number of carboxylic acids is 1. The van der Waals surface area contributed by atoms with Gasteiger partial charge in [0.25, 0.3) is 0 Å². The van der Waals surface area contributed by atoms with Crippen LogP contribution in [0.25, 0.3) is 0 Å². The molecule has 0 amide bonds. The van der Waals surface area contributed by atoms with Gasteiger partial charge in [0.1, 0.15) is 17.6 Å². The number of pyridine rings is 1. The van der Waals surface area contributed by atoms with Crippen LogP contribution >= 0.6 is 0 Å². The molecule has 9 heteroatoms. The minimum Gasteiger partial charge on any atom is -0.477 e. The summed E-state index contributed by atoms with van der Waals surface area (Å²) >= 11 is 0. The van der Waals surface area contributed by atoms with Crippen molar-refractivity contribution >= 4 is 17.5 Å². The monoisotopic (exact) mass is 271 g/mol. The van der Waals surface area contributed by atoms with Crippen molar-refractivity contribution in [3.63, 3.8) is 0 Å². The quantitative estimate of drug-likeness (QED) is 0.445. The van der Waals surface area contributed by atoms with Crippen LogP contribution in [0.15, 0.2) is 12.3 Å². The summed E-state index contributed by atoms with van der Waals surface area (Å²) < 4.78 is 0. The molecule has 1 heterocycles. The Hall–Kier alpha value is -2.26. The summed E-state index contributed by atoms with van der Waals surface area (Å²) in [5.74, 6) is -1.30. The molecule has 0 saturated heterocycles. The minimum atomic E-state index is -1.44. The van der Waals surface area contributed by atoms with Gasteiger partial charge in [-0.05, 0) is 0 Å². The van der Waals surface area contributed by atoms with Gasteiger partial charge in [0.05, 0.1) is 18.1 Å². The lowest BCUT2D eigenvalue weighted by atomic mass is 10.2. The third-order valence-corrected chi connectivity index (χ3v) is 2.36. The molecule has 0 bridgehead atoms. The van der Waals surface area contributed by atoms with E-state index >= 15 is 0 Å². The maximum atomic E-state index is 11.0. The SMILES string of the molecule is O=C(O)c1cc(N(CCO)CCO)ncc1[N+](=O)[O-]. The number of hydrogen-bond acceptors (Lipinski definition) is 7. The van der Waals surface area contributed by atoms with Gasteiger partial charge in [-0.15, -0.1) is 0 Å². The number of rotatable bonds is 7. The van der Waals surface area contributed by atoms with Gasteiger partial charge in [-0.25, -0.2) is 9.78 Å². The highest BCUT2D eigenvalue weighted by Gasteiger charge is 2.22. The number of aliphatic hydroxyl groups excluding tert-OH is 2. The van der Waals surface area contributed by atoms with E-state index in [1.807, 2.05) is 0 Å². The molecule has 0 saturated carbocycles. The molecule has 0 fully saturated rings. The van der Waals surface area contributed by atoms with Crippen molar-refractivity contribution in [2.24, 2.45) is 0 Å². The van der Waals surface area contributed by atoms with Crippen LogP contribution in [0.3, 0.4) is 0 Å². The Balaban J connectivity index is 3.19. The van der Waals surface area contributed by atoms with Crippen LogP contribution in [0.2, 0.25) is 0 Å². The summed E-state index contributed by atoms with van der Waals surface area (Å²) in [5.41, 5.74) is -1.10. The number of nitrogens with zero attached hydrogens (tertiary/aromatic N) is 3.